The third kappa shape index (κ3) is 1.53. The third-order valence-corrected chi connectivity index (χ3v) is 1.64. The number of rotatable bonds is 2. The number of thiazole rings is 1. The van der Waals surface area contributed by atoms with Crippen molar-refractivity contribution in [3.05, 3.63) is 11.1 Å². The summed E-state index contributed by atoms with van der Waals surface area (Å²) in [6.07, 6.45) is 1.42. The van der Waals surface area contributed by atoms with E-state index < -0.39 is 0 Å². The summed E-state index contributed by atoms with van der Waals surface area (Å²) in [5, 5.41) is 12.7. The van der Waals surface area contributed by atoms with E-state index in [1.807, 2.05) is 0 Å². The first kappa shape index (κ1) is 7.67. The van der Waals surface area contributed by atoms with Crippen LogP contribution in [0.25, 0.3) is 0 Å². The minimum Gasteiger partial charge on any atom is -0.410 e. The van der Waals surface area contributed by atoms with E-state index in [0.29, 0.717) is 5.13 Å². The Balaban J connectivity index is 3.00. The first-order chi connectivity index (χ1) is 5.27. The normalized spacial score (nSPS) is 11.5. The summed E-state index contributed by atoms with van der Waals surface area (Å²) < 4.78 is 0. The average Bonchev–Trinajstić information content (AvgIpc) is 2.39. The maximum Gasteiger partial charge on any atom is 0.259 e. The maximum absolute atomic E-state index is 10.1. The Morgan fingerprint density at radius 2 is 2.64 bits per heavy atom. The average molecular weight is 170 g/mol. The zero-order chi connectivity index (χ0) is 8.27. The number of nitrogens with zero attached hydrogens (tertiary/aromatic N) is 2. The van der Waals surface area contributed by atoms with Crippen LogP contribution in [0, 0.1) is 0 Å². The van der Waals surface area contributed by atoms with Crippen LogP contribution < -0.4 is 5.73 Å². The molecule has 0 fully saturated rings. The standard InChI is InChI=1S/C5H4N3O2S/c6-5-7-4(2-11-5)3(1-9)8-10/h2,10H,(H2,6,7)/b8-3+. The summed E-state index contributed by atoms with van der Waals surface area (Å²) in [6.45, 7) is 0. The fourth-order valence-corrected chi connectivity index (χ4v) is 1.07. The van der Waals surface area contributed by atoms with Gasteiger partial charge >= 0.3 is 0 Å². The molecule has 3 N–H and O–H groups in total. The number of hydrogen-bond acceptors (Lipinski definition) is 6. The summed E-state index contributed by atoms with van der Waals surface area (Å²) in [4.78, 5) is 13.7. The lowest BCUT2D eigenvalue weighted by Gasteiger charge is -1.84. The van der Waals surface area contributed by atoms with Gasteiger partial charge in [0.2, 0.25) is 0 Å². The molecule has 0 atom stereocenters. The fourth-order valence-electron chi connectivity index (χ4n) is 0.520. The van der Waals surface area contributed by atoms with Gasteiger partial charge in [-0.15, -0.1) is 11.3 Å². The highest BCUT2D eigenvalue weighted by Gasteiger charge is 2.07. The molecule has 5 nitrogen and oxygen atoms in total. The van der Waals surface area contributed by atoms with E-state index in [4.69, 9.17) is 10.9 Å². The van der Waals surface area contributed by atoms with Crippen LogP contribution in [-0.2, 0) is 4.79 Å². The molecule has 57 valence electrons. The lowest BCUT2D eigenvalue weighted by molar-refractivity contribution is 0.320. The predicted molar refractivity (Wildman–Crippen MR) is 40.5 cm³/mol. The first-order valence-corrected chi connectivity index (χ1v) is 3.47. The summed E-state index contributed by atoms with van der Waals surface area (Å²) in [6, 6.07) is 0. The van der Waals surface area contributed by atoms with E-state index >= 15 is 0 Å². The van der Waals surface area contributed by atoms with Crippen molar-refractivity contribution in [3.8, 4) is 0 Å². The zero-order valence-corrected chi connectivity index (χ0v) is 6.13. The monoisotopic (exact) mass is 170 g/mol. The Bertz CT molecular complexity index is 294. The van der Waals surface area contributed by atoms with E-state index in [2.05, 4.69) is 10.1 Å². The van der Waals surface area contributed by atoms with Crippen LogP contribution in [0.5, 0.6) is 0 Å². The van der Waals surface area contributed by atoms with Gasteiger partial charge in [-0.05, 0) is 0 Å². The molecule has 1 rings (SSSR count). The smallest absolute Gasteiger partial charge is 0.259 e. The molecule has 11 heavy (non-hydrogen) atoms. The van der Waals surface area contributed by atoms with Crippen molar-refractivity contribution < 1.29 is 10.0 Å². The van der Waals surface area contributed by atoms with Crippen LogP contribution in [0.2, 0.25) is 0 Å². The van der Waals surface area contributed by atoms with Gasteiger partial charge in [0.1, 0.15) is 5.69 Å². The van der Waals surface area contributed by atoms with Gasteiger partial charge in [-0.3, -0.25) is 4.79 Å². The van der Waals surface area contributed by atoms with Gasteiger partial charge in [-0.25, -0.2) is 4.98 Å². The van der Waals surface area contributed by atoms with Gasteiger partial charge in [0.05, 0.1) is 0 Å². The molecule has 0 unspecified atom stereocenters. The predicted octanol–water partition coefficient (Wildman–Crippen LogP) is 0.0133. The molecule has 0 aliphatic heterocycles. The van der Waals surface area contributed by atoms with E-state index in [1.54, 1.807) is 0 Å². The van der Waals surface area contributed by atoms with Crippen LogP contribution in [-0.4, -0.2) is 22.2 Å². The molecule has 0 amide bonds. The molecule has 6 heteroatoms. The Hall–Kier alpha value is -1.43. The van der Waals surface area contributed by atoms with Crippen LogP contribution >= 0.6 is 11.3 Å². The fraction of sp³-hybridized carbons (Fsp3) is 0. The highest BCUT2D eigenvalue weighted by molar-refractivity contribution is 7.13. The summed E-state index contributed by atoms with van der Waals surface area (Å²) in [7, 11) is 0. The lowest BCUT2D eigenvalue weighted by atomic mass is 10.3. The van der Waals surface area contributed by atoms with Gasteiger partial charge in [0.15, 0.2) is 10.8 Å². The molecule has 1 aromatic rings. The topological polar surface area (TPSA) is 88.6 Å². The highest BCUT2D eigenvalue weighted by atomic mass is 32.1. The Morgan fingerprint density at radius 3 is 3.00 bits per heavy atom. The molecule has 1 aromatic heterocycles. The van der Waals surface area contributed by atoms with Crippen LogP contribution in [0.3, 0.4) is 0 Å². The molecule has 0 aromatic carbocycles. The highest BCUT2D eigenvalue weighted by Crippen LogP contribution is 2.10. The molecule has 0 aliphatic carbocycles. The van der Waals surface area contributed by atoms with E-state index in [1.165, 1.54) is 11.7 Å². The number of oxime groups is 1. The molecule has 0 saturated heterocycles. The van der Waals surface area contributed by atoms with Gasteiger partial charge in [-0.2, -0.15) is 0 Å². The second-order valence-electron chi connectivity index (χ2n) is 1.62. The Labute approximate surface area is 66.2 Å². The Morgan fingerprint density at radius 1 is 1.91 bits per heavy atom. The molecule has 0 saturated carbocycles. The van der Waals surface area contributed by atoms with E-state index in [0.717, 1.165) is 11.3 Å². The van der Waals surface area contributed by atoms with E-state index in [9.17, 15) is 4.79 Å². The molecular weight excluding hydrogens is 166 g/mol. The van der Waals surface area contributed by atoms with Crippen molar-refractivity contribution in [2.24, 2.45) is 5.16 Å². The van der Waals surface area contributed by atoms with Gasteiger partial charge in [0, 0.05) is 5.38 Å². The zero-order valence-electron chi connectivity index (χ0n) is 5.31. The minimum absolute atomic E-state index is 0.238. The third-order valence-electron chi connectivity index (χ3n) is 0.961. The first-order valence-electron chi connectivity index (χ1n) is 2.59. The van der Waals surface area contributed by atoms with Gasteiger partial charge < -0.3 is 10.9 Å². The van der Waals surface area contributed by atoms with Crippen LogP contribution in [0.4, 0.5) is 5.13 Å². The quantitative estimate of drug-likeness (QED) is 0.372. The summed E-state index contributed by atoms with van der Waals surface area (Å²) >= 11 is 1.16. The number of nitrogens with two attached hydrogens (primary N) is 1. The van der Waals surface area contributed by atoms with Crippen LogP contribution in [0.15, 0.2) is 10.5 Å². The summed E-state index contributed by atoms with van der Waals surface area (Å²) in [5.74, 6) is 0. The second kappa shape index (κ2) is 3.11. The maximum atomic E-state index is 10.1. The van der Waals surface area contributed by atoms with Crippen molar-refractivity contribution in [1.29, 1.82) is 0 Å². The van der Waals surface area contributed by atoms with Crippen LogP contribution in [0.1, 0.15) is 5.69 Å². The molecule has 1 radical (unpaired) electrons. The Kier molecular flexibility index (Phi) is 2.17. The SMILES string of the molecule is Nc1nc(/C([C]=O)=N/O)cs1. The van der Waals surface area contributed by atoms with Crippen molar-refractivity contribution in [2.75, 3.05) is 5.73 Å². The molecule has 0 bridgehead atoms. The molecule has 1 heterocycles. The van der Waals surface area contributed by atoms with Gasteiger partial charge in [-0.1, -0.05) is 5.16 Å². The van der Waals surface area contributed by atoms with E-state index in [-0.39, 0.29) is 11.4 Å². The molecule has 0 spiro atoms. The lowest BCUT2D eigenvalue weighted by Crippen LogP contribution is -2.02. The number of hydrogen-bond donors (Lipinski definition) is 2. The number of aromatic nitrogens is 1. The summed E-state index contributed by atoms with van der Waals surface area (Å²) in [5.41, 5.74) is 5.27. The minimum atomic E-state index is -0.238. The van der Waals surface area contributed by atoms with Crippen molar-refractivity contribution in [2.45, 2.75) is 0 Å². The van der Waals surface area contributed by atoms with Crippen molar-refractivity contribution >= 4 is 28.5 Å². The number of anilines is 1. The van der Waals surface area contributed by atoms with Gasteiger partial charge in [0.25, 0.3) is 6.29 Å². The number of nitrogen functional groups attached to an aromatic ring is 1. The van der Waals surface area contributed by atoms with Crippen molar-refractivity contribution in [1.82, 2.24) is 4.98 Å². The molecular formula is C5H4N3O2S. The molecule has 0 aliphatic rings. The van der Waals surface area contributed by atoms with Crippen molar-refractivity contribution in [3.63, 3.8) is 0 Å². The number of carbonyl (C=O) groups excluding carboxylic acids is 1. The second-order valence-corrected chi connectivity index (χ2v) is 2.51. The largest absolute Gasteiger partial charge is 0.410 e.